The number of hydrogen-bond acceptors (Lipinski definition) is 3. The van der Waals surface area contributed by atoms with Gasteiger partial charge in [0.05, 0.1) is 6.04 Å². The molecule has 0 aliphatic heterocycles. The first-order valence-electron chi connectivity index (χ1n) is 5.88. The summed E-state index contributed by atoms with van der Waals surface area (Å²) < 4.78 is 0. The number of nitrogens with one attached hydrogen (secondary N) is 1. The van der Waals surface area contributed by atoms with Crippen LogP contribution in [0.3, 0.4) is 0 Å². The van der Waals surface area contributed by atoms with Gasteiger partial charge in [-0.25, -0.2) is 0 Å². The third kappa shape index (κ3) is 4.45. The Bertz CT molecular complexity index is 308. The Balaban J connectivity index is 2.29. The third-order valence-electron chi connectivity index (χ3n) is 2.78. The summed E-state index contributed by atoms with van der Waals surface area (Å²) in [6.45, 7) is 6.83. The number of carbonyl (C=O) groups is 1. The van der Waals surface area contributed by atoms with Crippen molar-refractivity contribution < 1.29 is 4.79 Å². The second-order valence-corrected chi connectivity index (χ2v) is 5.20. The quantitative estimate of drug-likeness (QED) is 0.792. The highest BCUT2D eigenvalue weighted by Crippen LogP contribution is 2.11. The Kier molecular flexibility index (Phi) is 5.71. The summed E-state index contributed by atoms with van der Waals surface area (Å²) in [5.41, 5.74) is 1.40. The molecule has 90 valence electrons. The standard InChI is InChI=1S/C13H21NOS/c1-4-13(11(3)15)14-8-10(2)7-12-5-6-16-9-12/h5-6,9-10,13-14H,4,7-8H2,1-3H3/t10-,13?/m0/s1. The zero-order valence-corrected chi connectivity index (χ0v) is 11.1. The molecule has 1 heterocycles. The molecule has 0 aliphatic carbocycles. The van der Waals surface area contributed by atoms with Crippen LogP contribution in [-0.2, 0) is 11.2 Å². The molecule has 1 aromatic rings. The van der Waals surface area contributed by atoms with Crippen molar-refractivity contribution in [1.29, 1.82) is 0 Å². The SMILES string of the molecule is CCC(NC[C@@H](C)Cc1ccsc1)C(C)=O. The predicted molar refractivity (Wildman–Crippen MR) is 69.9 cm³/mol. The van der Waals surface area contributed by atoms with Gasteiger partial charge in [0, 0.05) is 0 Å². The van der Waals surface area contributed by atoms with Crippen molar-refractivity contribution in [3.8, 4) is 0 Å². The van der Waals surface area contributed by atoms with E-state index in [1.807, 2.05) is 6.92 Å². The molecule has 0 spiro atoms. The van der Waals surface area contributed by atoms with E-state index in [9.17, 15) is 4.79 Å². The van der Waals surface area contributed by atoms with Gasteiger partial charge in [0.25, 0.3) is 0 Å². The molecule has 0 aromatic carbocycles. The third-order valence-corrected chi connectivity index (χ3v) is 3.51. The summed E-state index contributed by atoms with van der Waals surface area (Å²) in [6.07, 6.45) is 1.96. The normalized spacial score (nSPS) is 14.7. The van der Waals surface area contributed by atoms with Crippen LogP contribution in [0.5, 0.6) is 0 Å². The Morgan fingerprint density at radius 3 is 2.81 bits per heavy atom. The van der Waals surface area contributed by atoms with Crippen LogP contribution in [0.15, 0.2) is 16.8 Å². The van der Waals surface area contributed by atoms with Gasteiger partial charge in [-0.05, 0) is 54.6 Å². The van der Waals surface area contributed by atoms with E-state index in [1.54, 1.807) is 18.3 Å². The number of ketones is 1. The lowest BCUT2D eigenvalue weighted by Crippen LogP contribution is -2.37. The van der Waals surface area contributed by atoms with Crippen LogP contribution < -0.4 is 5.32 Å². The van der Waals surface area contributed by atoms with Crippen LogP contribution in [0, 0.1) is 5.92 Å². The lowest BCUT2D eigenvalue weighted by atomic mass is 10.0. The Morgan fingerprint density at radius 2 is 2.31 bits per heavy atom. The van der Waals surface area contributed by atoms with Crippen LogP contribution in [0.2, 0.25) is 0 Å². The molecular weight excluding hydrogens is 218 g/mol. The topological polar surface area (TPSA) is 29.1 Å². The van der Waals surface area contributed by atoms with Gasteiger partial charge in [-0.1, -0.05) is 13.8 Å². The Labute approximate surface area is 102 Å². The number of rotatable bonds is 7. The molecule has 3 heteroatoms. The maximum atomic E-state index is 11.2. The maximum absolute atomic E-state index is 11.2. The highest BCUT2D eigenvalue weighted by atomic mass is 32.1. The van der Waals surface area contributed by atoms with E-state index >= 15 is 0 Å². The van der Waals surface area contributed by atoms with Crippen molar-refractivity contribution in [3.63, 3.8) is 0 Å². The van der Waals surface area contributed by atoms with E-state index < -0.39 is 0 Å². The van der Waals surface area contributed by atoms with Gasteiger partial charge in [-0.3, -0.25) is 4.79 Å². The van der Waals surface area contributed by atoms with E-state index in [4.69, 9.17) is 0 Å². The van der Waals surface area contributed by atoms with Crippen LogP contribution in [0.1, 0.15) is 32.8 Å². The lowest BCUT2D eigenvalue weighted by Gasteiger charge is -2.17. The highest BCUT2D eigenvalue weighted by molar-refractivity contribution is 7.07. The Hall–Kier alpha value is -0.670. The van der Waals surface area contributed by atoms with Crippen molar-refractivity contribution in [1.82, 2.24) is 5.32 Å². The van der Waals surface area contributed by atoms with E-state index in [-0.39, 0.29) is 11.8 Å². The van der Waals surface area contributed by atoms with Crippen LogP contribution in [-0.4, -0.2) is 18.4 Å². The Morgan fingerprint density at radius 1 is 1.56 bits per heavy atom. The van der Waals surface area contributed by atoms with E-state index in [2.05, 4.69) is 29.1 Å². The summed E-state index contributed by atoms with van der Waals surface area (Å²) in [4.78, 5) is 11.2. The van der Waals surface area contributed by atoms with Gasteiger partial charge < -0.3 is 5.32 Å². The van der Waals surface area contributed by atoms with Crippen LogP contribution >= 0.6 is 11.3 Å². The van der Waals surface area contributed by atoms with E-state index in [1.165, 1.54) is 5.56 Å². The predicted octanol–water partition coefficient (Wildman–Crippen LogP) is 2.88. The number of Topliss-reactive ketones (excluding diaryl/α,β-unsaturated/α-hetero) is 1. The largest absolute Gasteiger partial charge is 0.307 e. The van der Waals surface area contributed by atoms with Crippen LogP contribution in [0.25, 0.3) is 0 Å². The fraction of sp³-hybridized carbons (Fsp3) is 0.615. The molecular formula is C13H21NOS. The molecule has 0 bridgehead atoms. The van der Waals surface area contributed by atoms with Gasteiger partial charge in [-0.2, -0.15) is 11.3 Å². The minimum atomic E-state index is 0.0323. The fourth-order valence-corrected chi connectivity index (χ4v) is 2.48. The van der Waals surface area contributed by atoms with Gasteiger partial charge in [0.15, 0.2) is 0 Å². The summed E-state index contributed by atoms with van der Waals surface area (Å²) in [7, 11) is 0. The number of thiophene rings is 1. The van der Waals surface area contributed by atoms with E-state index in [0.717, 1.165) is 19.4 Å². The van der Waals surface area contributed by atoms with Gasteiger partial charge in [-0.15, -0.1) is 0 Å². The zero-order valence-electron chi connectivity index (χ0n) is 10.3. The van der Waals surface area contributed by atoms with Gasteiger partial charge in [0.2, 0.25) is 0 Å². The lowest BCUT2D eigenvalue weighted by molar-refractivity contribution is -0.119. The fourth-order valence-electron chi connectivity index (χ4n) is 1.80. The smallest absolute Gasteiger partial charge is 0.146 e. The second-order valence-electron chi connectivity index (χ2n) is 4.42. The monoisotopic (exact) mass is 239 g/mol. The number of carbonyl (C=O) groups excluding carboxylic acids is 1. The molecule has 1 rings (SSSR count). The molecule has 0 aliphatic rings. The first kappa shape index (κ1) is 13.4. The molecule has 0 radical (unpaired) electrons. The van der Waals surface area contributed by atoms with Crippen molar-refractivity contribution >= 4 is 17.1 Å². The zero-order chi connectivity index (χ0) is 12.0. The minimum Gasteiger partial charge on any atom is -0.307 e. The van der Waals surface area contributed by atoms with Gasteiger partial charge in [0.1, 0.15) is 5.78 Å². The van der Waals surface area contributed by atoms with Crippen molar-refractivity contribution in [2.45, 2.75) is 39.7 Å². The molecule has 1 N–H and O–H groups in total. The molecule has 2 atom stereocenters. The summed E-state index contributed by atoms with van der Waals surface area (Å²) in [5.74, 6) is 0.813. The number of hydrogen-bond donors (Lipinski definition) is 1. The first-order chi connectivity index (χ1) is 7.63. The summed E-state index contributed by atoms with van der Waals surface area (Å²) >= 11 is 1.74. The molecule has 1 aromatic heterocycles. The summed E-state index contributed by atoms with van der Waals surface area (Å²) in [6, 6.07) is 2.20. The average molecular weight is 239 g/mol. The van der Waals surface area contributed by atoms with Crippen molar-refractivity contribution in [3.05, 3.63) is 22.4 Å². The molecule has 0 saturated heterocycles. The van der Waals surface area contributed by atoms with Gasteiger partial charge >= 0.3 is 0 Å². The minimum absolute atomic E-state index is 0.0323. The highest BCUT2D eigenvalue weighted by Gasteiger charge is 2.12. The van der Waals surface area contributed by atoms with Crippen LogP contribution in [0.4, 0.5) is 0 Å². The van der Waals surface area contributed by atoms with Crippen molar-refractivity contribution in [2.75, 3.05) is 6.54 Å². The molecule has 1 unspecified atom stereocenters. The van der Waals surface area contributed by atoms with E-state index in [0.29, 0.717) is 5.92 Å². The second kappa shape index (κ2) is 6.81. The maximum Gasteiger partial charge on any atom is 0.146 e. The molecule has 16 heavy (non-hydrogen) atoms. The molecule has 2 nitrogen and oxygen atoms in total. The average Bonchev–Trinajstić information content (AvgIpc) is 2.70. The van der Waals surface area contributed by atoms with Crippen molar-refractivity contribution in [2.24, 2.45) is 5.92 Å². The first-order valence-corrected chi connectivity index (χ1v) is 6.82. The summed E-state index contributed by atoms with van der Waals surface area (Å²) in [5, 5.41) is 7.64. The molecule has 0 amide bonds. The molecule has 0 saturated carbocycles. The molecule has 0 fully saturated rings.